The van der Waals surface area contributed by atoms with Gasteiger partial charge in [0.05, 0.1) is 35.7 Å². The number of methoxy groups -OCH3 is 1. The molecule has 10 heavy (non-hydrogen) atoms. The van der Waals surface area contributed by atoms with E-state index in [1.54, 1.807) is 0 Å². The van der Waals surface area contributed by atoms with Gasteiger partial charge in [0.25, 0.3) is 0 Å². The number of ether oxygens (including phenoxy) is 1. The van der Waals surface area contributed by atoms with Gasteiger partial charge in [0.15, 0.2) is 0 Å². The third-order valence-corrected chi connectivity index (χ3v) is 1.21. The first-order valence-electron chi connectivity index (χ1n) is 2.42. The zero-order valence-corrected chi connectivity index (χ0v) is 6.74. The Hall–Kier alpha value is -0.750. The minimum absolute atomic E-state index is 0.571. The average Bonchev–Trinajstić information content (AvgIpc) is 2.34. The van der Waals surface area contributed by atoms with Gasteiger partial charge >= 0.3 is 6.09 Å². The lowest BCUT2D eigenvalue weighted by Crippen LogP contribution is -2.24. The van der Waals surface area contributed by atoms with E-state index >= 15 is 0 Å². The Morgan fingerprint density at radius 3 is 2.80 bits per heavy atom. The molecule has 0 aliphatic carbocycles. The van der Waals surface area contributed by atoms with Crippen LogP contribution in [-0.4, -0.2) is 22.4 Å². The van der Waals surface area contributed by atoms with Crippen LogP contribution in [0.25, 0.3) is 0 Å². The van der Waals surface area contributed by atoms with Crippen molar-refractivity contribution in [3.63, 3.8) is 0 Å². The van der Waals surface area contributed by atoms with Crippen LogP contribution in [0.2, 0.25) is 0 Å². The molecule has 0 radical (unpaired) electrons. The van der Waals surface area contributed by atoms with E-state index in [1.165, 1.54) is 23.6 Å². The summed E-state index contributed by atoms with van der Waals surface area (Å²) in [4.78, 5) is 15.4. The summed E-state index contributed by atoms with van der Waals surface area (Å²) in [6.45, 7) is 0. The van der Waals surface area contributed by atoms with Gasteiger partial charge in [0, 0.05) is 0 Å². The molecule has 5 nitrogen and oxygen atoms in total. The Morgan fingerprint density at radius 1 is 1.70 bits per heavy atom. The number of hydrogen-bond acceptors (Lipinski definition) is 4. The summed E-state index contributed by atoms with van der Waals surface area (Å²) in [6.07, 6.45) is 2.36. The van der Waals surface area contributed by atoms with Crippen LogP contribution in [0.4, 0.5) is 4.79 Å². The summed E-state index contributed by atoms with van der Waals surface area (Å²) < 4.78 is 5.54. The zero-order valence-electron chi connectivity index (χ0n) is 5.15. The van der Waals surface area contributed by atoms with E-state index in [0.29, 0.717) is 0 Å². The third-order valence-electron chi connectivity index (χ3n) is 0.840. The van der Waals surface area contributed by atoms with Crippen molar-refractivity contribution in [1.29, 1.82) is 0 Å². The molecule has 0 saturated heterocycles. The van der Waals surface area contributed by atoms with Gasteiger partial charge in [-0.2, -0.15) is 4.09 Å². The first-order valence-corrected chi connectivity index (χ1v) is 3.13. The average molecular weight is 209 g/mol. The van der Waals surface area contributed by atoms with E-state index in [2.05, 4.69) is 20.9 Å². The predicted octanol–water partition coefficient (Wildman–Crippen LogP) is 0.998. The molecular formula is C4H5BrN2O3. The molecule has 6 heteroatoms. The molecule has 0 atom stereocenters. The Morgan fingerprint density at radius 2 is 2.40 bits per heavy atom. The van der Waals surface area contributed by atoms with Gasteiger partial charge in [-0.1, -0.05) is 0 Å². The summed E-state index contributed by atoms with van der Waals surface area (Å²) in [7, 11) is 1.27. The number of rotatable bonds is 0. The molecule has 1 amide bonds. The number of halogens is 1. The molecule has 1 aliphatic rings. The summed E-state index contributed by atoms with van der Waals surface area (Å²) in [5, 5.41) is 0.939. The monoisotopic (exact) mass is 208 g/mol. The highest BCUT2D eigenvalue weighted by Crippen LogP contribution is 2.12. The molecular weight excluding hydrogens is 204 g/mol. The summed E-state index contributed by atoms with van der Waals surface area (Å²) in [5.74, 6) is 0. The van der Waals surface area contributed by atoms with Crippen LogP contribution < -0.4 is 0 Å². The number of nitrogens with zero attached hydrogens (tertiary/aromatic N) is 2. The number of hydrogen-bond donors (Lipinski definition) is 0. The topological polar surface area (TPSA) is 42.0 Å². The molecule has 0 fully saturated rings. The van der Waals surface area contributed by atoms with E-state index in [4.69, 9.17) is 4.94 Å². The maximum Gasteiger partial charge on any atom is 0.440 e. The van der Waals surface area contributed by atoms with E-state index in [-0.39, 0.29) is 0 Å². The molecule has 0 unspecified atom stereocenters. The molecule has 1 rings (SSSR count). The minimum Gasteiger partial charge on any atom is -0.451 e. The van der Waals surface area contributed by atoms with Crippen LogP contribution in [0.3, 0.4) is 0 Å². The van der Waals surface area contributed by atoms with Crippen molar-refractivity contribution in [3.8, 4) is 0 Å². The lowest BCUT2D eigenvalue weighted by atomic mass is 10.9. The number of amides is 1. The van der Waals surface area contributed by atoms with E-state index in [1.807, 2.05) is 0 Å². The molecule has 0 saturated carbocycles. The highest BCUT2D eigenvalue weighted by Gasteiger charge is 2.18. The summed E-state index contributed by atoms with van der Waals surface area (Å²) in [5.41, 5.74) is 0. The van der Waals surface area contributed by atoms with Gasteiger partial charge in [0.1, 0.15) is 0 Å². The Bertz CT molecular complexity index is 172. The largest absolute Gasteiger partial charge is 0.451 e. The fourth-order valence-electron chi connectivity index (χ4n) is 0.436. The number of hydroxylamine groups is 3. The first-order chi connectivity index (χ1) is 4.74. The quantitative estimate of drug-likeness (QED) is 0.558. The number of carbonyl (C=O) groups excluding carboxylic acids is 1. The fourth-order valence-corrected chi connectivity index (χ4v) is 0.681. The van der Waals surface area contributed by atoms with Crippen LogP contribution in [0, 0.1) is 0 Å². The molecule has 0 aromatic heterocycles. The predicted molar refractivity (Wildman–Crippen MR) is 35.2 cm³/mol. The van der Waals surface area contributed by atoms with Gasteiger partial charge < -0.3 is 4.74 Å². The van der Waals surface area contributed by atoms with Crippen molar-refractivity contribution in [1.82, 2.24) is 9.15 Å². The zero-order chi connectivity index (χ0) is 7.56. The smallest absolute Gasteiger partial charge is 0.440 e. The third kappa shape index (κ3) is 1.39. The van der Waals surface area contributed by atoms with Gasteiger partial charge in [-0.15, -0.1) is 10.0 Å². The second kappa shape index (κ2) is 2.89. The van der Waals surface area contributed by atoms with Gasteiger partial charge in [0.2, 0.25) is 0 Å². The van der Waals surface area contributed by atoms with Crippen LogP contribution in [0.1, 0.15) is 0 Å². The second-order valence-electron chi connectivity index (χ2n) is 1.45. The normalized spacial score (nSPS) is 16.2. The maximum absolute atomic E-state index is 10.6. The van der Waals surface area contributed by atoms with Gasteiger partial charge in [-0.05, 0) is 0 Å². The SMILES string of the molecule is COC(=O)N1C=CN(Br)O1. The number of carbonyl (C=O) groups is 1. The first kappa shape index (κ1) is 7.36. The van der Waals surface area contributed by atoms with Gasteiger partial charge in [-0.3, -0.25) is 0 Å². The molecule has 0 spiro atoms. The van der Waals surface area contributed by atoms with Crippen LogP contribution in [-0.2, 0) is 9.68 Å². The molecule has 1 heterocycles. The Balaban J connectivity index is 2.46. The standard InChI is InChI=1S/C4H5BrN2O3/c1-9-4(8)6-2-3-7(5)10-6/h2-3H,1H3. The van der Waals surface area contributed by atoms with Crippen molar-refractivity contribution in [2.24, 2.45) is 0 Å². The molecule has 56 valence electrons. The van der Waals surface area contributed by atoms with E-state index in [0.717, 1.165) is 5.06 Å². The van der Waals surface area contributed by atoms with Crippen LogP contribution >= 0.6 is 16.1 Å². The van der Waals surface area contributed by atoms with Crippen molar-refractivity contribution >= 4 is 22.2 Å². The van der Waals surface area contributed by atoms with Crippen molar-refractivity contribution in [2.75, 3.05) is 7.11 Å². The second-order valence-corrected chi connectivity index (χ2v) is 2.15. The Labute approximate surface area is 66.0 Å². The molecule has 0 bridgehead atoms. The fraction of sp³-hybridized carbons (Fsp3) is 0.250. The highest BCUT2D eigenvalue weighted by atomic mass is 79.9. The molecule has 0 aromatic rings. The van der Waals surface area contributed by atoms with Crippen molar-refractivity contribution in [2.45, 2.75) is 0 Å². The Kier molecular flexibility index (Phi) is 2.13. The van der Waals surface area contributed by atoms with Crippen LogP contribution in [0.15, 0.2) is 12.4 Å². The van der Waals surface area contributed by atoms with E-state index < -0.39 is 6.09 Å². The minimum atomic E-state index is -0.571. The highest BCUT2D eigenvalue weighted by molar-refractivity contribution is 9.07. The van der Waals surface area contributed by atoms with E-state index in [9.17, 15) is 4.79 Å². The molecule has 1 aliphatic heterocycles. The lowest BCUT2D eigenvalue weighted by molar-refractivity contribution is -0.182. The lowest BCUT2D eigenvalue weighted by Gasteiger charge is -2.10. The van der Waals surface area contributed by atoms with Crippen LogP contribution in [0.5, 0.6) is 0 Å². The maximum atomic E-state index is 10.6. The van der Waals surface area contributed by atoms with Crippen molar-refractivity contribution < 1.29 is 14.5 Å². The molecule has 0 aromatic carbocycles. The summed E-state index contributed by atoms with van der Waals surface area (Å²) >= 11 is 2.95. The molecule has 0 N–H and O–H groups in total. The van der Waals surface area contributed by atoms with Crippen molar-refractivity contribution in [3.05, 3.63) is 12.4 Å². The summed E-state index contributed by atoms with van der Waals surface area (Å²) in [6, 6.07) is 0. The van der Waals surface area contributed by atoms with Gasteiger partial charge in [-0.25, -0.2) is 4.79 Å².